The Balaban J connectivity index is 1.29. The van der Waals surface area contributed by atoms with Crippen molar-refractivity contribution in [2.45, 2.75) is 19.8 Å². The highest BCUT2D eigenvalue weighted by molar-refractivity contribution is 6.00. The Morgan fingerprint density at radius 3 is 2.03 bits per heavy atom. The summed E-state index contributed by atoms with van der Waals surface area (Å²) in [4.78, 5) is 39.7. The Morgan fingerprint density at radius 1 is 0.735 bits per heavy atom. The fourth-order valence-electron chi connectivity index (χ4n) is 4.06. The van der Waals surface area contributed by atoms with Crippen LogP contribution in [0.2, 0.25) is 0 Å². The number of piperidine rings is 1. The van der Waals surface area contributed by atoms with Crippen molar-refractivity contribution in [1.29, 1.82) is 0 Å². The Kier molecular flexibility index (Phi) is 7.22. The van der Waals surface area contributed by atoms with Gasteiger partial charge in [-0.1, -0.05) is 42.5 Å². The highest BCUT2D eigenvalue weighted by atomic mass is 16.2. The van der Waals surface area contributed by atoms with E-state index >= 15 is 0 Å². The molecule has 0 spiro atoms. The zero-order valence-corrected chi connectivity index (χ0v) is 19.1. The lowest BCUT2D eigenvalue weighted by atomic mass is 9.95. The lowest BCUT2D eigenvalue weighted by Gasteiger charge is -2.31. The van der Waals surface area contributed by atoms with E-state index < -0.39 is 0 Å². The number of anilines is 3. The Morgan fingerprint density at radius 2 is 1.32 bits per heavy atom. The van der Waals surface area contributed by atoms with Crippen LogP contribution in [0, 0.1) is 12.8 Å². The molecule has 34 heavy (non-hydrogen) atoms. The summed E-state index contributed by atoms with van der Waals surface area (Å²) in [5, 5.41) is 8.48. The summed E-state index contributed by atoms with van der Waals surface area (Å²) < 4.78 is 0. The summed E-state index contributed by atoms with van der Waals surface area (Å²) in [6.45, 7) is 3.03. The SMILES string of the molecule is Cc1ccccc1C(=O)N1CCC(C(=O)Nc2cccc(NC(=O)Nc3ccccc3)c2)CC1. The van der Waals surface area contributed by atoms with Crippen LogP contribution in [0.15, 0.2) is 78.9 Å². The summed E-state index contributed by atoms with van der Waals surface area (Å²) >= 11 is 0. The summed E-state index contributed by atoms with van der Waals surface area (Å²) in [5.74, 6) is -0.225. The lowest BCUT2D eigenvalue weighted by molar-refractivity contribution is -0.121. The van der Waals surface area contributed by atoms with Crippen molar-refractivity contribution < 1.29 is 14.4 Å². The number of hydrogen-bond acceptors (Lipinski definition) is 3. The molecule has 4 amide bonds. The average molecular weight is 457 g/mol. The highest BCUT2D eigenvalue weighted by Gasteiger charge is 2.28. The molecular formula is C27H28N4O3. The van der Waals surface area contributed by atoms with Gasteiger partial charge in [0.2, 0.25) is 5.91 Å². The van der Waals surface area contributed by atoms with Crippen molar-refractivity contribution >= 4 is 34.9 Å². The first-order valence-corrected chi connectivity index (χ1v) is 11.4. The molecule has 1 aliphatic rings. The van der Waals surface area contributed by atoms with Gasteiger partial charge in [0.15, 0.2) is 0 Å². The quantitative estimate of drug-likeness (QED) is 0.497. The van der Waals surface area contributed by atoms with Gasteiger partial charge in [-0.05, 0) is 61.7 Å². The first kappa shape index (κ1) is 23.0. The Labute approximate surface area is 199 Å². The largest absolute Gasteiger partial charge is 0.339 e. The van der Waals surface area contributed by atoms with Crippen LogP contribution in [0.3, 0.4) is 0 Å². The average Bonchev–Trinajstić information content (AvgIpc) is 2.85. The fourth-order valence-corrected chi connectivity index (χ4v) is 4.06. The monoisotopic (exact) mass is 456 g/mol. The third-order valence-corrected chi connectivity index (χ3v) is 5.95. The van der Waals surface area contributed by atoms with Gasteiger partial charge < -0.3 is 20.9 Å². The maximum absolute atomic E-state index is 12.8. The molecule has 0 atom stereocenters. The topological polar surface area (TPSA) is 90.5 Å². The third-order valence-electron chi connectivity index (χ3n) is 5.95. The summed E-state index contributed by atoms with van der Waals surface area (Å²) in [7, 11) is 0. The van der Waals surface area contributed by atoms with E-state index in [4.69, 9.17) is 0 Å². The van der Waals surface area contributed by atoms with Gasteiger partial charge in [-0.3, -0.25) is 9.59 Å². The molecule has 0 aromatic heterocycles. The number of aryl methyl sites for hydroxylation is 1. The highest BCUT2D eigenvalue weighted by Crippen LogP contribution is 2.23. The smallest absolute Gasteiger partial charge is 0.323 e. The van der Waals surface area contributed by atoms with Crippen molar-refractivity contribution in [2.75, 3.05) is 29.0 Å². The molecule has 174 valence electrons. The van der Waals surface area contributed by atoms with Gasteiger partial charge in [0.05, 0.1) is 0 Å². The van der Waals surface area contributed by atoms with Crippen LogP contribution in [-0.4, -0.2) is 35.8 Å². The van der Waals surface area contributed by atoms with Crippen LogP contribution < -0.4 is 16.0 Å². The molecule has 1 saturated heterocycles. The standard InChI is InChI=1S/C27H28N4O3/c1-19-8-5-6-13-24(19)26(33)31-16-14-20(15-17-31)25(32)28-22-11-7-12-23(18-22)30-27(34)29-21-9-3-2-4-10-21/h2-13,18,20H,14-17H2,1H3,(H,28,32)(H2,29,30,34). The van der Waals surface area contributed by atoms with Crippen molar-refractivity contribution in [3.63, 3.8) is 0 Å². The van der Waals surface area contributed by atoms with E-state index in [1.807, 2.05) is 54.3 Å². The number of rotatable bonds is 5. The number of carbonyl (C=O) groups excluding carboxylic acids is 3. The number of likely N-dealkylation sites (tertiary alicyclic amines) is 1. The number of urea groups is 1. The van der Waals surface area contributed by atoms with E-state index in [1.165, 1.54) is 0 Å². The maximum atomic E-state index is 12.8. The molecule has 1 heterocycles. The van der Waals surface area contributed by atoms with Crippen LogP contribution in [-0.2, 0) is 4.79 Å². The number of hydrogen-bond donors (Lipinski definition) is 3. The summed E-state index contributed by atoms with van der Waals surface area (Å²) in [6.07, 6.45) is 1.22. The number of benzene rings is 3. The first-order valence-electron chi connectivity index (χ1n) is 11.4. The second-order valence-electron chi connectivity index (χ2n) is 8.40. The molecule has 0 bridgehead atoms. The van der Waals surface area contributed by atoms with Crippen LogP contribution in [0.4, 0.5) is 21.9 Å². The Bertz CT molecular complexity index is 1170. The summed E-state index contributed by atoms with van der Waals surface area (Å²) in [5.41, 5.74) is 3.55. The molecule has 7 nitrogen and oxygen atoms in total. The minimum absolute atomic E-state index is 0.0181. The second-order valence-corrected chi connectivity index (χ2v) is 8.40. The van der Waals surface area contributed by atoms with Crippen molar-refractivity contribution in [3.05, 3.63) is 90.0 Å². The minimum Gasteiger partial charge on any atom is -0.339 e. The Hall–Kier alpha value is -4.13. The molecule has 3 aromatic rings. The first-order chi connectivity index (χ1) is 16.5. The molecule has 0 unspecified atom stereocenters. The molecule has 1 aliphatic heterocycles. The number of nitrogens with one attached hydrogen (secondary N) is 3. The molecule has 0 saturated carbocycles. The fraction of sp³-hybridized carbons (Fsp3) is 0.222. The molecule has 3 N–H and O–H groups in total. The molecule has 0 aliphatic carbocycles. The second kappa shape index (κ2) is 10.7. The van der Waals surface area contributed by atoms with Gasteiger partial charge >= 0.3 is 6.03 Å². The van der Waals surface area contributed by atoms with E-state index in [2.05, 4.69) is 16.0 Å². The molecule has 4 rings (SSSR count). The third kappa shape index (κ3) is 5.81. The van der Waals surface area contributed by atoms with Gasteiger partial charge in [0, 0.05) is 41.6 Å². The van der Waals surface area contributed by atoms with E-state index in [9.17, 15) is 14.4 Å². The molecule has 0 radical (unpaired) electrons. The molecular weight excluding hydrogens is 428 g/mol. The number of nitrogens with zero attached hydrogens (tertiary/aromatic N) is 1. The van der Waals surface area contributed by atoms with Crippen molar-refractivity contribution in [1.82, 2.24) is 4.90 Å². The van der Waals surface area contributed by atoms with Gasteiger partial charge in [0.1, 0.15) is 0 Å². The maximum Gasteiger partial charge on any atom is 0.323 e. The molecule has 1 fully saturated rings. The van der Waals surface area contributed by atoms with Gasteiger partial charge in [-0.25, -0.2) is 4.79 Å². The van der Waals surface area contributed by atoms with Crippen LogP contribution >= 0.6 is 0 Å². The summed E-state index contributed by atoms with van der Waals surface area (Å²) in [6, 6.07) is 23.4. The van der Waals surface area contributed by atoms with E-state index in [-0.39, 0.29) is 23.8 Å². The predicted octanol–water partition coefficient (Wildman–Crippen LogP) is 5.13. The van der Waals surface area contributed by atoms with Crippen LogP contribution in [0.25, 0.3) is 0 Å². The van der Waals surface area contributed by atoms with Gasteiger partial charge in [0.25, 0.3) is 5.91 Å². The number of para-hydroxylation sites is 1. The van der Waals surface area contributed by atoms with Gasteiger partial charge in [-0.15, -0.1) is 0 Å². The molecule has 3 aromatic carbocycles. The van der Waals surface area contributed by atoms with Crippen LogP contribution in [0.1, 0.15) is 28.8 Å². The predicted molar refractivity (Wildman–Crippen MR) is 134 cm³/mol. The van der Waals surface area contributed by atoms with E-state index in [1.54, 1.807) is 36.4 Å². The number of carbonyl (C=O) groups is 3. The van der Waals surface area contributed by atoms with Crippen molar-refractivity contribution in [3.8, 4) is 0 Å². The lowest BCUT2D eigenvalue weighted by Crippen LogP contribution is -2.41. The van der Waals surface area contributed by atoms with E-state index in [0.717, 1.165) is 5.56 Å². The van der Waals surface area contributed by atoms with Crippen molar-refractivity contribution in [2.24, 2.45) is 5.92 Å². The zero-order chi connectivity index (χ0) is 23.9. The van der Waals surface area contributed by atoms with Crippen LogP contribution in [0.5, 0.6) is 0 Å². The normalized spacial score (nSPS) is 13.7. The minimum atomic E-state index is -0.361. The van der Waals surface area contributed by atoms with Gasteiger partial charge in [-0.2, -0.15) is 0 Å². The zero-order valence-electron chi connectivity index (χ0n) is 19.1. The molecule has 7 heteroatoms. The van der Waals surface area contributed by atoms with E-state index in [0.29, 0.717) is 48.6 Å². The number of amides is 4.